The van der Waals surface area contributed by atoms with Crippen molar-refractivity contribution in [1.29, 1.82) is 0 Å². The Morgan fingerprint density at radius 2 is 2.00 bits per heavy atom. The molecule has 7 heteroatoms. The molecular formula is C13H18N6O. The zero-order valence-electron chi connectivity index (χ0n) is 11.6. The van der Waals surface area contributed by atoms with E-state index in [0.29, 0.717) is 12.6 Å². The van der Waals surface area contributed by atoms with Gasteiger partial charge in [0.05, 0.1) is 0 Å². The van der Waals surface area contributed by atoms with Gasteiger partial charge in [0.15, 0.2) is 12.4 Å². The second-order valence-electron chi connectivity index (χ2n) is 4.69. The molecule has 0 N–H and O–H groups in total. The van der Waals surface area contributed by atoms with E-state index >= 15 is 0 Å². The first kappa shape index (κ1) is 13.0. The van der Waals surface area contributed by atoms with Crippen molar-refractivity contribution < 1.29 is 4.74 Å². The summed E-state index contributed by atoms with van der Waals surface area (Å²) in [6, 6.07) is 2.13. The summed E-state index contributed by atoms with van der Waals surface area (Å²) in [5, 5.41) is 8.48. The number of likely N-dealkylation sites (N-methyl/N-ethyl adjacent to an activating group) is 1. The zero-order chi connectivity index (χ0) is 13.8. The van der Waals surface area contributed by atoms with E-state index in [1.165, 1.54) is 0 Å². The Morgan fingerprint density at radius 1 is 1.15 bits per heavy atom. The smallest absolute Gasteiger partial charge is 0.316 e. The Kier molecular flexibility index (Phi) is 3.87. The first-order valence-corrected chi connectivity index (χ1v) is 6.90. The Hall–Kier alpha value is -2.02. The molecule has 1 aliphatic rings. The van der Waals surface area contributed by atoms with E-state index in [-0.39, 0.29) is 0 Å². The van der Waals surface area contributed by atoms with E-state index in [1.54, 1.807) is 18.5 Å². The molecular weight excluding hydrogens is 256 g/mol. The average Bonchev–Trinajstić information content (AvgIpc) is 2.76. The third-order valence-electron chi connectivity index (χ3n) is 3.52. The summed E-state index contributed by atoms with van der Waals surface area (Å²) in [6.45, 7) is 6.58. The third kappa shape index (κ3) is 2.77. The monoisotopic (exact) mass is 274 g/mol. The van der Waals surface area contributed by atoms with Crippen molar-refractivity contribution >= 4 is 0 Å². The quantitative estimate of drug-likeness (QED) is 0.810. The van der Waals surface area contributed by atoms with E-state index in [1.807, 2.05) is 0 Å². The van der Waals surface area contributed by atoms with Crippen LogP contribution in [0.15, 0.2) is 18.5 Å². The summed E-state index contributed by atoms with van der Waals surface area (Å²) >= 11 is 0. The Balaban J connectivity index is 1.68. The zero-order valence-corrected chi connectivity index (χ0v) is 11.6. The largest absolute Gasteiger partial charge is 0.455 e. The molecule has 0 aliphatic carbocycles. The van der Waals surface area contributed by atoms with Gasteiger partial charge in [-0.25, -0.2) is 9.97 Å². The number of hydrogen-bond donors (Lipinski definition) is 0. The van der Waals surface area contributed by atoms with Crippen LogP contribution in [-0.2, 0) is 19.6 Å². The SMILES string of the molecule is CCN1CCc2nnc(COc3ncccn3)n2CC1. The van der Waals surface area contributed by atoms with Crippen LogP contribution in [0, 0.1) is 0 Å². The number of hydrogen-bond acceptors (Lipinski definition) is 6. The molecule has 2 aromatic rings. The van der Waals surface area contributed by atoms with Crippen molar-refractivity contribution in [2.75, 3.05) is 19.6 Å². The number of fused-ring (bicyclic) bond motifs is 1. The minimum absolute atomic E-state index is 0.350. The van der Waals surface area contributed by atoms with Crippen LogP contribution in [0.3, 0.4) is 0 Å². The second kappa shape index (κ2) is 5.96. The van der Waals surface area contributed by atoms with E-state index < -0.39 is 0 Å². The Bertz CT molecular complexity index is 555. The van der Waals surface area contributed by atoms with Gasteiger partial charge in [-0.05, 0) is 12.6 Å². The van der Waals surface area contributed by atoms with Gasteiger partial charge in [-0.15, -0.1) is 10.2 Å². The van der Waals surface area contributed by atoms with Gasteiger partial charge in [0.2, 0.25) is 0 Å². The van der Waals surface area contributed by atoms with Crippen molar-refractivity contribution in [3.63, 3.8) is 0 Å². The van der Waals surface area contributed by atoms with Gasteiger partial charge in [-0.1, -0.05) is 6.92 Å². The van der Waals surface area contributed by atoms with Crippen LogP contribution in [0.4, 0.5) is 0 Å². The fraction of sp³-hybridized carbons (Fsp3) is 0.538. The summed E-state index contributed by atoms with van der Waals surface area (Å²) in [4.78, 5) is 10.5. The maximum atomic E-state index is 5.55. The van der Waals surface area contributed by atoms with Crippen LogP contribution >= 0.6 is 0 Å². The molecule has 1 aliphatic heterocycles. The molecule has 106 valence electrons. The lowest BCUT2D eigenvalue weighted by Gasteiger charge is -2.16. The maximum absolute atomic E-state index is 5.55. The predicted octanol–water partition coefficient (Wildman–Crippen LogP) is 0.525. The number of rotatable bonds is 4. The van der Waals surface area contributed by atoms with Crippen LogP contribution < -0.4 is 4.74 Å². The van der Waals surface area contributed by atoms with Crippen LogP contribution in [0.1, 0.15) is 18.6 Å². The number of ether oxygens (including phenoxy) is 1. The van der Waals surface area contributed by atoms with Crippen molar-refractivity contribution in [3.8, 4) is 6.01 Å². The van der Waals surface area contributed by atoms with Gasteiger partial charge in [-0.3, -0.25) is 0 Å². The molecule has 0 spiro atoms. The topological polar surface area (TPSA) is 69.0 Å². The molecule has 7 nitrogen and oxygen atoms in total. The minimum atomic E-state index is 0.350. The summed E-state index contributed by atoms with van der Waals surface area (Å²) in [5.41, 5.74) is 0. The summed E-state index contributed by atoms with van der Waals surface area (Å²) < 4.78 is 7.70. The summed E-state index contributed by atoms with van der Waals surface area (Å²) in [7, 11) is 0. The van der Waals surface area contributed by atoms with Gasteiger partial charge in [-0.2, -0.15) is 0 Å². The highest BCUT2D eigenvalue weighted by Gasteiger charge is 2.18. The highest BCUT2D eigenvalue weighted by molar-refractivity contribution is 5.00. The van der Waals surface area contributed by atoms with Crippen LogP contribution in [0.5, 0.6) is 6.01 Å². The molecule has 20 heavy (non-hydrogen) atoms. The van der Waals surface area contributed by atoms with E-state index in [0.717, 1.165) is 44.2 Å². The molecule has 0 atom stereocenters. The highest BCUT2D eigenvalue weighted by atomic mass is 16.5. The molecule has 0 saturated heterocycles. The fourth-order valence-electron chi connectivity index (χ4n) is 2.34. The normalized spacial score (nSPS) is 15.7. The van der Waals surface area contributed by atoms with Crippen molar-refractivity contribution in [3.05, 3.63) is 30.1 Å². The lowest BCUT2D eigenvalue weighted by atomic mass is 10.4. The van der Waals surface area contributed by atoms with E-state index in [4.69, 9.17) is 4.74 Å². The minimum Gasteiger partial charge on any atom is -0.455 e. The average molecular weight is 274 g/mol. The van der Waals surface area contributed by atoms with Crippen LogP contribution in [0.25, 0.3) is 0 Å². The molecule has 0 saturated carbocycles. The number of nitrogens with zero attached hydrogens (tertiary/aromatic N) is 6. The molecule has 0 radical (unpaired) electrons. The molecule has 0 bridgehead atoms. The maximum Gasteiger partial charge on any atom is 0.316 e. The Morgan fingerprint density at radius 3 is 2.80 bits per heavy atom. The van der Waals surface area contributed by atoms with Crippen molar-refractivity contribution in [1.82, 2.24) is 29.6 Å². The first-order chi connectivity index (χ1) is 9.86. The van der Waals surface area contributed by atoms with Gasteiger partial charge in [0.1, 0.15) is 5.82 Å². The van der Waals surface area contributed by atoms with Crippen molar-refractivity contribution in [2.45, 2.75) is 26.5 Å². The summed E-state index contributed by atoms with van der Waals surface area (Å²) in [6.07, 6.45) is 4.25. The fourth-order valence-corrected chi connectivity index (χ4v) is 2.34. The van der Waals surface area contributed by atoms with Gasteiger partial charge in [0.25, 0.3) is 0 Å². The van der Waals surface area contributed by atoms with Crippen molar-refractivity contribution in [2.24, 2.45) is 0 Å². The van der Waals surface area contributed by atoms with Gasteiger partial charge >= 0.3 is 6.01 Å². The van der Waals surface area contributed by atoms with Gasteiger partial charge in [0, 0.05) is 38.4 Å². The van der Waals surface area contributed by atoms with E-state index in [9.17, 15) is 0 Å². The van der Waals surface area contributed by atoms with Gasteiger partial charge < -0.3 is 14.2 Å². The van der Waals surface area contributed by atoms with Crippen LogP contribution in [0.2, 0.25) is 0 Å². The van der Waals surface area contributed by atoms with Crippen LogP contribution in [-0.4, -0.2) is 49.3 Å². The third-order valence-corrected chi connectivity index (χ3v) is 3.52. The highest BCUT2D eigenvalue weighted by Crippen LogP contribution is 2.11. The Labute approximate surface area is 117 Å². The lowest BCUT2D eigenvalue weighted by Crippen LogP contribution is -2.26. The molecule has 0 amide bonds. The molecule has 3 heterocycles. The summed E-state index contributed by atoms with van der Waals surface area (Å²) in [5.74, 6) is 1.87. The molecule has 0 aromatic carbocycles. The molecule has 0 unspecified atom stereocenters. The first-order valence-electron chi connectivity index (χ1n) is 6.90. The molecule has 2 aromatic heterocycles. The molecule has 0 fully saturated rings. The number of aromatic nitrogens is 5. The van der Waals surface area contributed by atoms with E-state index in [2.05, 4.69) is 36.6 Å². The standard InChI is InChI=1S/C13H18N6O/c1-2-18-7-4-11-16-17-12(19(11)9-8-18)10-20-13-14-5-3-6-15-13/h3,5-6H,2,4,7-10H2,1H3. The lowest BCUT2D eigenvalue weighted by molar-refractivity contribution is 0.259. The molecule has 3 rings (SSSR count). The predicted molar refractivity (Wildman–Crippen MR) is 72.2 cm³/mol. The second-order valence-corrected chi connectivity index (χ2v) is 4.69.